The summed E-state index contributed by atoms with van der Waals surface area (Å²) in [4.78, 5) is 11.5. The second kappa shape index (κ2) is 6.02. The van der Waals surface area contributed by atoms with E-state index < -0.39 is 0 Å². The smallest absolute Gasteiger partial charge is 0.234 e. The monoisotopic (exact) mass is 200 g/mol. The maximum Gasteiger partial charge on any atom is 0.234 e. The second-order valence-electron chi connectivity index (χ2n) is 4.48. The van der Waals surface area contributed by atoms with Gasteiger partial charge in [0.2, 0.25) is 5.91 Å². The molecule has 0 fully saturated rings. The van der Waals surface area contributed by atoms with E-state index in [-0.39, 0.29) is 11.4 Å². The molecule has 1 unspecified atom stereocenters. The summed E-state index contributed by atoms with van der Waals surface area (Å²) < 4.78 is 0. The van der Waals surface area contributed by atoms with Crippen LogP contribution in [0.15, 0.2) is 0 Å². The minimum atomic E-state index is -0.0891. The zero-order valence-electron chi connectivity index (χ0n) is 10.1. The van der Waals surface area contributed by atoms with Gasteiger partial charge in [-0.15, -0.1) is 0 Å². The molecule has 0 spiro atoms. The number of carbonyl (C=O) groups excluding carboxylic acids is 1. The lowest BCUT2D eigenvalue weighted by Crippen LogP contribution is -2.47. The van der Waals surface area contributed by atoms with Crippen molar-refractivity contribution in [3.63, 3.8) is 0 Å². The molecule has 0 aromatic carbocycles. The van der Waals surface area contributed by atoms with Gasteiger partial charge in [-0.1, -0.05) is 13.8 Å². The summed E-state index contributed by atoms with van der Waals surface area (Å²) in [6, 6.07) is 0.408. The van der Waals surface area contributed by atoms with Gasteiger partial charge in [-0.25, -0.2) is 0 Å². The van der Waals surface area contributed by atoms with E-state index in [0.29, 0.717) is 12.6 Å². The van der Waals surface area contributed by atoms with Gasteiger partial charge in [0.05, 0.1) is 6.54 Å². The van der Waals surface area contributed by atoms with Crippen LogP contribution in [0.5, 0.6) is 0 Å². The van der Waals surface area contributed by atoms with Gasteiger partial charge >= 0.3 is 0 Å². The molecule has 0 aromatic heterocycles. The molecule has 0 aromatic rings. The van der Waals surface area contributed by atoms with Gasteiger partial charge in [0.1, 0.15) is 0 Å². The van der Waals surface area contributed by atoms with Gasteiger partial charge in [-0.3, -0.25) is 4.79 Å². The number of hydrogen-bond donors (Lipinski definition) is 2. The van der Waals surface area contributed by atoms with Crippen LogP contribution >= 0.6 is 0 Å². The first-order valence-electron chi connectivity index (χ1n) is 5.45. The van der Waals surface area contributed by atoms with Crippen molar-refractivity contribution in [1.29, 1.82) is 0 Å². The molecule has 84 valence electrons. The number of carbonyl (C=O) groups is 1. The summed E-state index contributed by atoms with van der Waals surface area (Å²) in [5.41, 5.74) is -0.0891. The minimum absolute atomic E-state index is 0.0807. The molecule has 0 radical (unpaired) electrons. The molecule has 0 heterocycles. The first kappa shape index (κ1) is 13.4. The van der Waals surface area contributed by atoms with Crippen LogP contribution in [0.25, 0.3) is 0 Å². The standard InChI is InChI=1S/C11H24N2O/c1-6-9(3)12-8-10(14)13-11(4,5)7-2/h9,12H,6-8H2,1-5H3,(H,13,14). The van der Waals surface area contributed by atoms with Gasteiger partial charge in [0.25, 0.3) is 0 Å². The van der Waals surface area contributed by atoms with E-state index in [2.05, 4.69) is 31.4 Å². The molecule has 1 atom stereocenters. The molecule has 2 N–H and O–H groups in total. The third-order valence-corrected chi connectivity index (χ3v) is 2.59. The zero-order valence-corrected chi connectivity index (χ0v) is 10.1. The van der Waals surface area contributed by atoms with E-state index in [0.717, 1.165) is 12.8 Å². The summed E-state index contributed by atoms with van der Waals surface area (Å²) in [7, 11) is 0. The first-order chi connectivity index (χ1) is 6.41. The molecule has 3 heteroatoms. The molecule has 0 aliphatic rings. The highest BCUT2D eigenvalue weighted by atomic mass is 16.2. The van der Waals surface area contributed by atoms with Crippen molar-refractivity contribution in [2.75, 3.05) is 6.54 Å². The normalized spacial score (nSPS) is 13.8. The Morgan fingerprint density at radius 3 is 2.36 bits per heavy atom. The van der Waals surface area contributed by atoms with Gasteiger partial charge in [0, 0.05) is 11.6 Å². The van der Waals surface area contributed by atoms with Crippen LogP contribution in [0.2, 0.25) is 0 Å². The van der Waals surface area contributed by atoms with Crippen molar-refractivity contribution < 1.29 is 4.79 Å². The van der Waals surface area contributed by atoms with Crippen molar-refractivity contribution >= 4 is 5.91 Å². The average Bonchev–Trinajstić information content (AvgIpc) is 2.13. The molecule has 0 aliphatic carbocycles. The molecule has 0 aliphatic heterocycles. The van der Waals surface area contributed by atoms with E-state index in [4.69, 9.17) is 0 Å². The average molecular weight is 200 g/mol. The second-order valence-corrected chi connectivity index (χ2v) is 4.48. The van der Waals surface area contributed by atoms with Crippen molar-refractivity contribution in [2.24, 2.45) is 0 Å². The van der Waals surface area contributed by atoms with Crippen molar-refractivity contribution in [1.82, 2.24) is 10.6 Å². The highest BCUT2D eigenvalue weighted by Gasteiger charge is 2.17. The third-order valence-electron chi connectivity index (χ3n) is 2.59. The van der Waals surface area contributed by atoms with Crippen LogP contribution < -0.4 is 10.6 Å². The highest BCUT2D eigenvalue weighted by molar-refractivity contribution is 5.78. The molecule has 1 amide bonds. The predicted octanol–water partition coefficient (Wildman–Crippen LogP) is 1.68. The van der Waals surface area contributed by atoms with Crippen LogP contribution in [0.4, 0.5) is 0 Å². The summed E-state index contributed by atoms with van der Waals surface area (Å²) >= 11 is 0. The molecule has 3 nitrogen and oxygen atoms in total. The summed E-state index contributed by atoms with van der Waals surface area (Å²) in [5.74, 6) is 0.0807. The van der Waals surface area contributed by atoms with Crippen LogP contribution in [-0.4, -0.2) is 24.0 Å². The Labute approximate surface area is 87.6 Å². The van der Waals surface area contributed by atoms with E-state index >= 15 is 0 Å². The Morgan fingerprint density at radius 2 is 1.93 bits per heavy atom. The Hall–Kier alpha value is -0.570. The minimum Gasteiger partial charge on any atom is -0.350 e. The molecule has 0 saturated carbocycles. The van der Waals surface area contributed by atoms with Crippen LogP contribution in [0.1, 0.15) is 47.5 Å². The van der Waals surface area contributed by atoms with Crippen molar-refractivity contribution in [2.45, 2.75) is 59.0 Å². The third kappa shape index (κ3) is 5.97. The fraction of sp³-hybridized carbons (Fsp3) is 0.909. The number of rotatable bonds is 6. The largest absolute Gasteiger partial charge is 0.350 e. The van der Waals surface area contributed by atoms with Gasteiger partial charge in [0.15, 0.2) is 0 Å². The SMILES string of the molecule is CCC(C)NCC(=O)NC(C)(C)CC. The summed E-state index contributed by atoms with van der Waals surface area (Å²) in [5, 5.41) is 6.15. The lowest BCUT2D eigenvalue weighted by molar-refractivity contribution is -0.121. The molecular weight excluding hydrogens is 176 g/mol. The Balaban J connectivity index is 3.76. The topological polar surface area (TPSA) is 41.1 Å². The summed E-state index contributed by atoms with van der Waals surface area (Å²) in [6.07, 6.45) is 1.99. The molecule has 0 rings (SSSR count). The van der Waals surface area contributed by atoms with Crippen LogP contribution in [0, 0.1) is 0 Å². The van der Waals surface area contributed by atoms with Gasteiger partial charge < -0.3 is 10.6 Å². The van der Waals surface area contributed by atoms with Crippen LogP contribution in [0.3, 0.4) is 0 Å². The van der Waals surface area contributed by atoms with Crippen molar-refractivity contribution in [3.05, 3.63) is 0 Å². The maximum absolute atomic E-state index is 11.5. The first-order valence-corrected chi connectivity index (χ1v) is 5.45. The van der Waals surface area contributed by atoms with E-state index in [1.807, 2.05) is 13.8 Å². The highest BCUT2D eigenvalue weighted by Crippen LogP contribution is 2.05. The Bertz CT molecular complexity index is 178. The van der Waals surface area contributed by atoms with Crippen molar-refractivity contribution in [3.8, 4) is 0 Å². The number of hydrogen-bond acceptors (Lipinski definition) is 2. The zero-order chi connectivity index (χ0) is 11.2. The molecule has 0 bridgehead atoms. The molecular formula is C11H24N2O. The lowest BCUT2D eigenvalue weighted by atomic mass is 10.0. The Morgan fingerprint density at radius 1 is 1.36 bits per heavy atom. The maximum atomic E-state index is 11.5. The van der Waals surface area contributed by atoms with Gasteiger partial charge in [-0.05, 0) is 33.6 Å². The lowest BCUT2D eigenvalue weighted by Gasteiger charge is -2.25. The predicted molar refractivity (Wildman–Crippen MR) is 60.3 cm³/mol. The fourth-order valence-corrected chi connectivity index (χ4v) is 0.921. The summed E-state index contributed by atoms with van der Waals surface area (Å²) in [6.45, 7) is 10.7. The molecule has 14 heavy (non-hydrogen) atoms. The van der Waals surface area contributed by atoms with E-state index in [1.165, 1.54) is 0 Å². The molecule has 0 saturated heterocycles. The van der Waals surface area contributed by atoms with Crippen LogP contribution in [-0.2, 0) is 4.79 Å². The fourth-order valence-electron chi connectivity index (χ4n) is 0.921. The number of amides is 1. The number of nitrogens with one attached hydrogen (secondary N) is 2. The van der Waals surface area contributed by atoms with Gasteiger partial charge in [-0.2, -0.15) is 0 Å². The van der Waals surface area contributed by atoms with E-state index in [1.54, 1.807) is 0 Å². The Kier molecular flexibility index (Phi) is 5.77. The van der Waals surface area contributed by atoms with E-state index in [9.17, 15) is 4.79 Å². The quantitative estimate of drug-likeness (QED) is 0.685.